The van der Waals surface area contributed by atoms with Crippen molar-refractivity contribution in [2.45, 2.75) is 38.6 Å². The molecule has 0 aromatic heterocycles. The second-order valence-corrected chi connectivity index (χ2v) is 4.23. The Hall–Kier alpha value is -1.09. The van der Waals surface area contributed by atoms with E-state index in [1.165, 1.54) is 20.0 Å². The summed E-state index contributed by atoms with van der Waals surface area (Å²) in [6.07, 6.45) is 4.62. The highest BCUT2D eigenvalue weighted by molar-refractivity contribution is 5.31. The topological polar surface area (TPSA) is 21.3 Å². The minimum Gasteiger partial charge on any atom is -0.494 e. The number of hydrogen-bond donors (Lipinski definition) is 1. The van der Waals surface area contributed by atoms with Gasteiger partial charge in [0.15, 0.2) is 11.6 Å². The lowest BCUT2D eigenvalue weighted by Crippen LogP contribution is -2.16. The average molecular weight is 239 g/mol. The Morgan fingerprint density at radius 3 is 2.65 bits per heavy atom. The van der Waals surface area contributed by atoms with Gasteiger partial charge in [0.1, 0.15) is 0 Å². The molecular weight excluding hydrogens is 217 g/mol. The van der Waals surface area contributed by atoms with Crippen molar-refractivity contribution in [2.75, 3.05) is 14.2 Å². The lowest BCUT2D eigenvalue weighted by Gasteiger charge is -2.17. The van der Waals surface area contributed by atoms with Gasteiger partial charge in [-0.15, -0.1) is 0 Å². The van der Waals surface area contributed by atoms with Gasteiger partial charge in [-0.05, 0) is 31.2 Å². The minimum atomic E-state index is -0.291. The van der Waals surface area contributed by atoms with Crippen molar-refractivity contribution in [1.82, 2.24) is 5.32 Å². The van der Waals surface area contributed by atoms with Gasteiger partial charge in [0.25, 0.3) is 0 Å². The molecule has 1 N–H and O–H groups in total. The molecule has 0 spiro atoms. The fraction of sp³-hybridized carbons (Fsp3) is 0.571. The van der Waals surface area contributed by atoms with Crippen LogP contribution in [0.4, 0.5) is 4.39 Å². The molecule has 3 heteroatoms. The van der Waals surface area contributed by atoms with E-state index in [0.717, 1.165) is 18.4 Å². The van der Waals surface area contributed by atoms with Crippen LogP contribution >= 0.6 is 0 Å². The zero-order valence-corrected chi connectivity index (χ0v) is 10.9. The van der Waals surface area contributed by atoms with Crippen LogP contribution in [-0.4, -0.2) is 14.2 Å². The molecule has 1 rings (SSSR count). The highest BCUT2D eigenvalue weighted by Crippen LogP contribution is 2.24. The number of benzene rings is 1. The summed E-state index contributed by atoms with van der Waals surface area (Å²) in [5.74, 6) is 0.0119. The van der Waals surface area contributed by atoms with Crippen LogP contribution in [0.15, 0.2) is 18.2 Å². The van der Waals surface area contributed by atoms with Gasteiger partial charge in [-0.2, -0.15) is 0 Å². The zero-order valence-electron chi connectivity index (χ0n) is 10.9. The number of halogens is 1. The van der Waals surface area contributed by atoms with Crippen LogP contribution < -0.4 is 10.1 Å². The first kappa shape index (κ1) is 14.0. The van der Waals surface area contributed by atoms with Crippen LogP contribution in [0.5, 0.6) is 5.75 Å². The van der Waals surface area contributed by atoms with Crippen LogP contribution in [0, 0.1) is 5.82 Å². The van der Waals surface area contributed by atoms with Crippen molar-refractivity contribution in [2.24, 2.45) is 0 Å². The maximum atomic E-state index is 13.6. The first-order valence-corrected chi connectivity index (χ1v) is 6.23. The summed E-state index contributed by atoms with van der Waals surface area (Å²) >= 11 is 0. The van der Waals surface area contributed by atoms with E-state index in [0.29, 0.717) is 5.75 Å². The molecule has 0 bridgehead atoms. The normalized spacial score (nSPS) is 12.5. The summed E-state index contributed by atoms with van der Waals surface area (Å²) in [5.41, 5.74) is 0.988. The number of rotatable bonds is 7. The van der Waals surface area contributed by atoms with Crippen molar-refractivity contribution in [3.05, 3.63) is 29.6 Å². The maximum Gasteiger partial charge on any atom is 0.165 e. The second kappa shape index (κ2) is 7.28. The molecule has 0 aliphatic heterocycles. The van der Waals surface area contributed by atoms with Crippen LogP contribution in [0.2, 0.25) is 0 Å². The molecule has 1 unspecified atom stereocenters. The molecule has 17 heavy (non-hydrogen) atoms. The van der Waals surface area contributed by atoms with Crippen molar-refractivity contribution in [3.8, 4) is 5.75 Å². The van der Waals surface area contributed by atoms with E-state index in [-0.39, 0.29) is 11.9 Å². The molecule has 0 saturated carbocycles. The fourth-order valence-corrected chi connectivity index (χ4v) is 1.98. The largest absolute Gasteiger partial charge is 0.494 e. The first-order chi connectivity index (χ1) is 8.22. The van der Waals surface area contributed by atoms with Crippen LogP contribution in [-0.2, 0) is 0 Å². The molecule has 0 aliphatic carbocycles. The third kappa shape index (κ3) is 4.00. The third-order valence-corrected chi connectivity index (χ3v) is 3.02. The van der Waals surface area contributed by atoms with E-state index in [2.05, 4.69) is 12.2 Å². The molecule has 0 aliphatic rings. The van der Waals surface area contributed by atoms with Gasteiger partial charge < -0.3 is 10.1 Å². The Morgan fingerprint density at radius 1 is 1.35 bits per heavy atom. The van der Waals surface area contributed by atoms with Crippen molar-refractivity contribution >= 4 is 0 Å². The Labute approximate surface area is 103 Å². The van der Waals surface area contributed by atoms with Gasteiger partial charge in [-0.3, -0.25) is 0 Å². The molecule has 2 nitrogen and oxygen atoms in total. The van der Waals surface area contributed by atoms with Gasteiger partial charge in [-0.25, -0.2) is 4.39 Å². The van der Waals surface area contributed by atoms with E-state index < -0.39 is 0 Å². The fourth-order valence-electron chi connectivity index (χ4n) is 1.98. The van der Waals surface area contributed by atoms with E-state index in [1.54, 1.807) is 12.1 Å². The van der Waals surface area contributed by atoms with E-state index >= 15 is 0 Å². The SMILES string of the molecule is CCCCCC(NC)c1ccc(OC)c(F)c1. The van der Waals surface area contributed by atoms with E-state index in [4.69, 9.17) is 4.74 Å². The number of unbranched alkanes of at least 4 members (excludes halogenated alkanes) is 2. The molecule has 1 aromatic carbocycles. The minimum absolute atomic E-state index is 0.224. The van der Waals surface area contributed by atoms with Crippen LogP contribution in [0.3, 0.4) is 0 Å². The Kier molecular flexibility index (Phi) is 5.98. The smallest absolute Gasteiger partial charge is 0.165 e. The lowest BCUT2D eigenvalue weighted by atomic mass is 10.0. The van der Waals surface area contributed by atoms with Gasteiger partial charge in [0, 0.05) is 6.04 Å². The Balaban J connectivity index is 2.71. The summed E-state index contributed by atoms with van der Waals surface area (Å²) in [4.78, 5) is 0. The Bertz CT molecular complexity index is 341. The molecule has 1 atom stereocenters. The third-order valence-electron chi connectivity index (χ3n) is 3.02. The summed E-state index contributed by atoms with van der Waals surface area (Å²) in [5, 5.41) is 3.23. The van der Waals surface area contributed by atoms with E-state index in [9.17, 15) is 4.39 Å². The lowest BCUT2D eigenvalue weighted by molar-refractivity contribution is 0.385. The van der Waals surface area contributed by atoms with Crippen LogP contribution in [0.1, 0.15) is 44.2 Å². The molecule has 0 heterocycles. The quantitative estimate of drug-likeness (QED) is 0.733. The van der Waals surface area contributed by atoms with E-state index in [1.807, 2.05) is 13.1 Å². The molecule has 0 amide bonds. The standard InChI is InChI=1S/C14H22FNO/c1-4-5-6-7-13(16-2)11-8-9-14(17-3)12(15)10-11/h8-10,13,16H,4-7H2,1-3H3. The summed E-state index contributed by atoms with van der Waals surface area (Å²) in [6, 6.07) is 5.40. The number of nitrogens with one attached hydrogen (secondary N) is 1. The van der Waals surface area contributed by atoms with Crippen molar-refractivity contribution in [1.29, 1.82) is 0 Å². The average Bonchev–Trinajstić information content (AvgIpc) is 2.35. The number of ether oxygens (including phenoxy) is 1. The molecular formula is C14H22FNO. The monoisotopic (exact) mass is 239 g/mol. The zero-order chi connectivity index (χ0) is 12.7. The number of methoxy groups -OCH3 is 1. The van der Waals surface area contributed by atoms with Gasteiger partial charge in [-0.1, -0.05) is 32.3 Å². The molecule has 1 aromatic rings. The molecule has 0 radical (unpaired) electrons. The van der Waals surface area contributed by atoms with Crippen LogP contribution in [0.25, 0.3) is 0 Å². The maximum absolute atomic E-state index is 13.6. The predicted octanol–water partition coefficient (Wildman–Crippen LogP) is 3.68. The molecule has 0 fully saturated rings. The predicted molar refractivity (Wildman–Crippen MR) is 68.9 cm³/mol. The summed E-state index contributed by atoms with van der Waals surface area (Å²) in [6.45, 7) is 2.18. The van der Waals surface area contributed by atoms with Gasteiger partial charge >= 0.3 is 0 Å². The first-order valence-electron chi connectivity index (χ1n) is 6.23. The highest BCUT2D eigenvalue weighted by Gasteiger charge is 2.11. The van der Waals surface area contributed by atoms with Crippen molar-refractivity contribution < 1.29 is 9.13 Å². The summed E-state index contributed by atoms with van der Waals surface area (Å²) < 4.78 is 18.5. The van der Waals surface area contributed by atoms with Gasteiger partial charge in [0.05, 0.1) is 7.11 Å². The molecule has 0 saturated heterocycles. The summed E-state index contributed by atoms with van der Waals surface area (Å²) in [7, 11) is 3.40. The molecule has 96 valence electrons. The van der Waals surface area contributed by atoms with Gasteiger partial charge in [0.2, 0.25) is 0 Å². The second-order valence-electron chi connectivity index (χ2n) is 4.23. The Morgan fingerprint density at radius 2 is 2.12 bits per heavy atom. The number of hydrogen-bond acceptors (Lipinski definition) is 2. The highest BCUT2D eigenvalue weighted by atomic mass is 19.1. The van der Waals surface area contributed by atoms with Crippen molar-refractivity contribution in [3.63, 3.8) is 0 Å².